The van der Waals surface area contributed by atoms with E-state index in [2.05, 4.69) is 35.1 Å². The zero-order valence-corrected chi connectivity index (χ0v) is 12.6. The van der Waals surface area contributed by atoms with Crippen molar-refractivity contribution in [3.63, 3.8) is 0 Å². The molecule has 0 saturated carbocycles. The van der Waals surface area contributed by atoms with E-state index in [0.717, 1.165) is 27.9 Å². The molecule has 1 aromatic rings. The van der Waals surface area contributed by atoms with Crippen molar-refractivity contribution in [3.05, 3.63) is 33.3 Å². The predicted molar refractivity (Wildman–Crippen MR) is 76.4 cm³/mol. The van der Waals surface area contributed by atoms with Crippen LogP contribution in [-0.4, -0.2) is 17.3 Å². The molecule has 0 amide bonds. The Kier molecular flexibility index (Phi) is 5.93. The molecule has 0 heterocycles. The summed E-state index contributed by atoms with van der Waals surface area (Å²) >= 11 is 9.54. The molecule has 0 aliphatic rings. The van der Waals surface area contributed by atoms with Crippen molar-refractivity contribution in [2.45, 2.75) is 38.8 Å². The Labute approximate surface area is 117 Å². The summed E-state index contributed by atoms with van der Waals surface area (Å²) in [6, 6.07) is 5.85. The first kappa shape index (κ1) is 15.0. The van der Waals surface area contributed by atoms with Gasteiger partial charge >= 0.3 is 0 Å². The fourth-order valence-electron chi connectivity index (χ4n) is 1.73. The summed E-state index contributed by atoms with van der Waals surface area (Å²) in [5.41, 5.74) is 0.853. The molecule has 0 saturated heterocycles. The van der Waals surface area contributed by atoms with E-state index in [1.54, 1.807) is 0 Å². The molecule has 0 atom stereocenters. The molecule has 0 aliphatic carbocycles. The van der Waals surface area contributed by atoms with E-state index in [1.165, 1.54) is 0 Å². The largest absolute Gasteiger partial charge is 0.394 e. The minimum absolute atomic E-state index is 0.147. The van der Waals surface area contributed by atoms with Crippen LogP contribution in [0.15, 0.2) is 22.7 Å². The number of benzene rings is 1. The lowest BCUT2D eigenvalue weighted by molar-refractivity contribution is 0.149. The van der Waals surface area contributed by atoms with Crippen LogP contribution in [0.25, 0.3) is 0 Å². The number of hydrogen-bond acceptors (Lipinski definition) is 2. The van der Waals surface area contributed by atoms with Gasteiger partial charge in [-0.05, 0) is 30.5 Å². The van der Waals surface area contributed by atoms with Gasteiger partial charge in [-0.25, -0.2) is 0 Å². The minimum Gasteiger partial charge on any atom is -0.394 e. The van der Waals surface area contributed by atoms with Crippen LogP contribution in [-0.2, 0) is 6.54 Å². The van der Waals surface area contributed by atoms with Crippen molar-refractivity contribution in [3.8, 4) is 0 Å². The Morgan fingerprint density at radius 2 is 2.00 bits per heavy atom. The van der Waals surface area contributed by atoms with Gasteiger partial charge in [0.2, 0.25) is 0 Å². The van der Waals surface area contributed by atoms with Crippen LogP contribution < -0.4 is 5.32 Å². The lowest BCUT2D eigenvalue weighted by Crippen LogP contribution is -2.47. The van der Waals surface area contributed by atoms with Crippen molar-refractivity contribution in [1.82, 2.24) is 5.32 Å². The van der Waals surface area contributed by atoms with E-state index in [9.17, 15) is 5.11 Å². The third-order valence-electron chi connectivity index (χ3n) is 3.33. The van der Waals surface area contributed by atoms with E-state index in [-0.39, 0.29) is 12.1 Å². The fraction of sp³-hybridized carbons (Fsp3) is 0.538. The fourth-order valence-corrected chi connectivity index (χ4v) is 2.47. The van der Waals surface area contributed by atoms with Gasteiger partial charge in [0.05, 0.1) is 6.61 Å². The summed E-state index contributed by atoms with van der Waals surface area (Å²) in [4.78, 5) is 0. The molecular formula is C13H19BrClNO. The zero-order valence-electron chi connectivity index (χ0n) is 10.3. The molecule has 17 heavy (non-hydrogen) atoms. The van der Waals surface area contributed by atoms with Crippen LogP contribution in [0.4, 0.5) is 0 Å². The van der Waals surface area contributed by atoms with Gasteiger partial charge in [-0.3, -0.25) is 0 Å². The zero-order chi connectivity index (χ0) is 12.9. The smallest absolute Gasteiger partial charge is 0.0613 e. The Morgan fingerprint density at radius 3 is 2.47 bits per heavy atom. The highest BCUT2D eigenvalue weighted by atomic mass is 79.9. The second kappa shape index (κ2) is 6.74. The molecule has 96 valence electrons. The van der Waals surface area contributed by atoms with Crippen molar-refractivity contribution in [1.29, 1.82) is 0 Å². The molecule has 2 N–H and O–H groups in total. The van der Waals surface area contributed by atoms with E-state index in [4.69, 9.17) is 11.6 Å². The molecule has 1 rings (SSSR count). The Morgan fingerprint density at radius 1 is 1.35 bits per heavy atom. The van der Waals surface area contributed by atoms with Gasteiger partial charge in [0.15, 0.2) is 0 Å². The van der Waals surface area contributed by atoms with Gasteiger partial charge in [0.1, 0.15) is 0 Å². The second-order valence-corrected chi connectivity index (χ2v) is 5.56. The maximum atomic E-state index is 9.46. The average molecular weight is 321 g/mol. The third-order valence-corrected chi connectivity index (χ3v) is 4.17. The van der Waals surface area contributed by atoms with Crippen LogP contribution in [0.1, 0.15) is 32.3 Å². The number of halogens is 2. The molecule has 0 unspecified atom stereocenters. The Bertz CT molecular complexity index is 358. The molecule has 1 aromatic carbocycles. The third kappa shape index (κ3) is 3.95. The number of aliphatic hydroxyl groups excluding tert-OH is 1. The maximum absolute atomic E-state index is 9.46. The number of nitrogens with one attached hydrogen (secondary N) is 1. The van der Waals surface area contributed by atoms with Crippen molar-refractivity contribution < 1.29 is 5.11 Å². The normalized spacial score (nSPS) is 11.8. The molecule has 2 nitrogen and oxygen atoms in total. The summed E-state index contributed by atoms with van der Waals surface area (Å²) in [5, 5.41) is 13.6. The first-order valence-corrected chi connectivity index (χ1v) is 7.04. The van der Waals surface area contributed by atoms with Gasteiger partial charge in [0, 0.05) is 21.6 Å². The number of hydrogen-bond donors (Lipinski definition) is 2. The number of aliphatic hydroxyl groups is 1. The van der Waals surface area contributed by atoms with Crippen LogP contribution >= 0.6 is 27.5 Å². The summed E-state index contributed by atoms with van der Waals surface area (Å²) in [6.07, 6.45) is 1.79. The van der Waals surface area contributed by atoms with Crippen LogP contribution in [0, 0.1) is 0 Å². The molecule has 0 fully saturated rings. The highest BCUT2D eigenvalue weighted by molar-refractivity contribution is 9.10. The van der Waals surface area contributed by atoms with Gasteiger partial charge < -0.3 is 10.4 Å². The summed E-state index contributed by atoms with van der Waals surface area (Å²) < 4.78 is 0.977. The van der Waals surface area contributed by atoms with E-state index >= 15 is 0 Å². The molecule has 0 spiro atoms. The van der Waals surface area contributed by atoms with Crippen LogP contribution in [0.3, 0.4) is 0 Å². The lowest BCUT2D eigenvalue weighted by Gasteiger charge is -2.31. The van der Waals surface area contributed by atoms with Gasteiger partial charge in [-0.2, -0.15) is 0 Å². The first-order chi connectivity index (χ1) is 8.06. The SMILES string of the molecule is CCC(CC)(CO)NCc1ccc(Br)cc1Cl. The Balaban J connectivity index is 2.72. The first-order valence-electron chi connectivity index (χ1n) is 5.86. The van der Waals surface area contributed by atoms with E-state index in [0.29, 0.717) is 6.54 Å². The molecule has 0 bridgehead atoms. The lowest BCUT2D eigenvalue weighted by atomic mass is 9.93. The molecule has 0 radical (unpaired) electrons. The Hall–Kier alpha value is -0.0900. The molecule has 0 aromatic heterocycles. The average Bonchev–Trinajstić information content (AvgIpc) is 2.33. The van der Waals surface area contributed by atoms with Gasteiger partial charge in [-0.15, -0.1) is 0 Å². The second-order valence-electron chi connectivity index (χ2n) is 4.23. The topological polar surface area (TPSA) is 32.3 Å². The highest BCUT2D eigenvalue weighted by Crippen LogP contribution is 2.22. The summed E-state index contributed by atoms with van der Waals surface area (Å²) in [6.45, 7) is 4.98. The van der Waals surface area contributed by atoms with Crippen molar-refractivity contribution in [2.24, 2.45) is 0 Å². The van der Waals surface area contributed by atoms with Crippen LogP contribution in [0.2, 0.25) is 5.02 Å². The molecular weight excluding hydrogens is 302 g/mol. The van der Waals surface area contributed by atoms with Gasteiger partial charge in [0.25, 0.3) is 0 Å². The molecule has 4 heteroatoms. The van der Waals surface area contributed by atoms with Crippen LogP contribution in [0.5, 0.6) is 0 Å². The van der Waals surface area contributed by atoms with E-state index in [1.807, 2.05) is 18.2 Å². The standard InChI is InChI=1S/C13H19BrClNO/c1-3-13(4-2,9-17)16-8-10-5-6-11(14)7-12(10)15/h5-7,16-17H,3-4,8-9H2,1-2H3. The maximum Gasteiger partial charge on any atom is 0.0613 e. The number of rotatable bonds is 6. The summed E-state index contributed by atoms with van der Waals surface area (Å²) in [5.74, 6) is 0. The van der Waals surface area contributed by atoms with Crippen molar-refractivity contribution in [2.75, 3.05) is 6.61 Å². The quantitative estimate of drug-likeness (QED) is 0.837. The molecule has 0 aliphatic heterocycles. The predicted octanol–water partition coefficient (Wildman–Crippen LogP) is 3.74. The van der Waals surface area contributed by atoms with E-state index < -0.39 is 0 Å². The van der Waals surface area contributed by atoms with Crippen molar-refractivity contribution >= 4 is 27.5 Å². The monoisotopic (exact) mass is 319 g/mol. The minimum atomic E-state index is -0.198. The highest BCUT2D eigenvalue weighted by Gasteiger charge is 2.24. The van der Waals surface area contributed by atoms with Gasteiger partial charge in [-0.1, -0.05) is 47.4 Å². The summed E-state index contributed by atoms with van der Waals surface area (Å²) in [7, 11) is 0.